The Bertz CT molecular complexity index is 879. The van der Waals surface area contributed by atoms with Gasteiger partial charge in [-0.1, -0.05) is 0 Å². The van der Waals surface area contributed by atoms with Crippen LogP contribution in [0.3, 0.4) is 0 Å². The third kappa shape index (κ3) is 4.63. The summed E-state index contributed by atoms with van der Waals surface area (Å²) in [6, 6.07) is 4.15. The lowest BCUT2D eigenvalue weighted by Gasteiger charge is -2.35. The van der Waals surface area contributed by atoms with E-state index in [2.05, 4.69) is 15.4 Å². The van der Waals surface area contributed by atoms with Gasteiger partial charge in [0.1, 0.15) is 11.4 Å². The van der Waals surface area contributed by atoms with Crippen molar-refractivity contribution in [3.8, 4) is 0 Å². The Morgan fingerprint density at radius 2 is 2.00 bits per heavy atom. The average molecular weight is 446 g/mol. The van der Waals surface area contributed by atoms with Crippen LogP contribution < -0.4 is 10.2 Å². The number of alkyl halides is 3. The van der Waals surface area contributed by atoms with Crippen molar-refractivity contribution >= 4 is 30.1 Å². The van der Waals surface area contributed by atoms with Gasteiger partial charge >= 0.3 is 12.3 Å². The molecular weight excluding hydrogens is 423 g/mol. The quantitative estimate of drug-likeness (QED) is 0.761. The van der Waals surface area contributed by atoms with Gasteiger partial charge in [0.05, 0.1) is 12.1 Å². The number of ether oxygens (including phenoxy) is 1. The smallest absolute Gasteiger partial charge is 0.417 e. The number of aryl methyl sites for hydroxylation is 1. The highest BCUT2D eigenvalue weighted by atomic mass is 35.5. The van der Waals surface area contributed by atoms with Crippen LogP contribution in [0.25, 0.3) is 0 Å². The predicted octanol–water partition coefficient (Wildman–Crippen LogP) is 4.25. The lowest BCUT2D eigenvalue weighted by molar-refractivity contribution is -0.137. The van der Waals surface area contributed by atoms with Crippen LogP contribution in [0.4, 0.5) is 29.6 Å². The molecule has 1 saturated heterocycles. The highest BCUT2D eigenvalue weighted by Gasteiger charge is 2.48. The Morgan fingerprint density at radius 1 is 1.27 bits per heavy atom. The number of carbonyl (C=O) groups is 1. The second-order valence-corrected chi connectivity index (χ2v) is 7.74. The molecule has 1 aliphatic heterocycles. The first-order valence-electron chi connectivity index (χ1n) is 9.51. The summed E-state index contributed by atoms with van der Waals surface area (Å²) in [6.45, 7) is 1.11. The summed E-state index contributed by atoms with van der Waals surface area (Å²) in [5.41, 5.74) is -1.25. The second kappa shape index (κ2) is 8.33. The molecule has 30 heavy (non-hydrogen) atoms. The summed E-state index contributed by atoms with van der Waals surface area (Å²) < 4.78 is 45.2. The van der Waals surface area contributed by atoms with Crippen molar-refractivity contribution in [1.29, 1.82) is 0 Å². The largest absolute Gasteiger partial charge is 0.441 e. The Balaban J connectivity index is 0.00000256. The van der Waals surface area contributed by atoms with Crippen molar-refractivity contribution in [3.05, 3.63) is 36.2 Å². The van der Waals surface area contributed by atoms with Gasteiger partial charge < -0.3 is 10.1 Å². The van der Waals surface area contributed by atoms with Gasteiger partial charge in [0.15, 0.2) is 5.82 Å². The topological polar surface area (TPSA) is 72.3 Å². The third-order valence-corrected chi connectivity index (χ3v) is 5.63. The standard InChI is InChI=1S/C19H22F3N5O2.ClH/c1-26-9-6-16(25-26)27-12-18(29-17(27)28)7-4-13(5-8-18)10-23-15-3-2-14(11-24-15)19(20,21)22;/h2-3,6,9,11,13H,4-5,7-8,10,12H2,1H3,(H,23,24);1H/t13-,18-;. The molecule has 1 spiro atoms. The molecule has 2 aromatic heterocycles. The first-order valence-corrected chi connectivity index (χ1v) is 9.51. The fourth-order valence-electron chi connectivity index (χ4n) is 3.93. The molecule has 0 atom stereocenters. The molecular formula is C19H23ClF3N5O2. The summed E-state index contributed by atoms with van der Waals surface area (Å²) in [5.74, 6) is 1.35. The summed E-state index contributed by atoms with van der Waals surface area (Å²) in [4.78, 5) is 17.7. The molecule has 1 amide bonds. The zero-order valence-electron chi connectivity index (χ0n) is 16.4. The van der Waals surface area contributed by atoms with E-state index in [0.29, 0.717) is 30.6 Å². The molecule has 1 aliphatic carbocycles. The van der Waals surface area contributed by atoms with Gasteiger partial charge in [-0.15, -0.1) is 12.4 Å². The monoisotopic (exact) mass is 445 g/mol. The number of pyridine rings is 1. The molecule has 4 rings (SSSR count). The van der Waals surface area contributed by atoms with E-state index < -0.39 is 17.3 Å². The maximum absolute atomic E-state index is 12.6. The van der Waals surface area contributed by atoms with Crippen LogP contribution in [0.2, 0.25) is 0 Å². The van der Waals surface area contributed by atoms with E-state index in [4.69, 9.17) is 4.74 Å². The molecule has 7 nitrogen and oxygen atoms in total. The summed E-state index contributed by atoms with van der Waals surface area (Å²) >= 11 is 0. The first kappa shape index (κ1) is 22.2. The van der Waals surface area contributed by atoms with Crippen LogP contribution in [-0.4, -0.2) is 39.5 Å². The fraction of sp³-hybridized carbons (Fsp3) is 0.526. The fourth-order valence-corrected chi connectivity index (χ4v) is 3.93. The summed E-state index contributed by atoms with van der Waals surface area (Å²) in [5, 5.41) is 7.38. The van der Waals surface area contributed by atoms with Gasteiger partial charge in [-0.05, 0) is 43.7 Å². The highest BCUT2D eigenvalue weighted by Crippen LogP contribution is 2.40. The minimum atomic E-state index is -4.38. The number of halogens is 4. The van der Waals surface area contributed by atoms with Crippen LogP contribution in [-0.2, 0) is 18.0 Å². The van der Waals surface area contributed by atoms with E-state index in [1.807, 2.05) is 0 Å². The van der Waals surface area contributed by atoms with Gasteiger partial charge in [-0.2, -0.15) is 18.3 Å². The summed E-state index contributed by atoms with van der Waals surface area (Å²) in [7, 11) is 1.80. The second-order valence-electron chi connectivity index (χ2n) is 7.74. The van der Waals surface area contributed by atoms with E-state index in [1.165, 1.54) is 6.07 Å². The van der Waals surface area contributed by atoms with Gasteiger partial charge in [0.2, 0.25) is 0 Å². The van der Waals surface area contributed by atoms with Gasteiger partial charge in [-0.3, -0.25) is 9.58 Å². The number of nitrogens with one attached hydrogen (secondary N) is 1. The Hall–Kier alpha value is -2.49. The molecule has 0 aromatic carbocycles. The van der Waals surface area contributed by atoms with Crippen LogP contribution >= 0.6 is 12.4 Å². The predicted molar refractivity (Wildman–Crippen MR) is 107 cm³/mol. The number of hydrogen-bond donors (Lipinski definition) is 1. The van der Waals surface area contributed by atoms with E-state index in [1.54, 1.807) is 28.9 Å². The van der Waals surface area contributed by atoms with Crippen LogP contribution in [0.5, 0.6) is 0 Å². The molecule has 0 unspecified atom stereocenters. The Labute approximate surface area is 178 Å². The lowest BCUT2D eigenvalue weighted by atomic mass is 9.78. The van der Waals surface area contributed by atoms with Gasteiger partial charge in [0, 0.05) is 32.1 Å². The number of nitrogens with zero attached hydrogens (tertiary/aromatic N) is 4. The van der Waals surface area contributed by atoms with Gasteiger partial charge in [0.25, 0.3) is 0 Å². The third-order valence-electron chi connectivity index (χ3n) is 5.63. The molecule has 164 valence electrons. The van der Waals surface area contributed by atoms with Crippen molar-refractivity contribution in [2.75, 3.05) is 23.3 Å². The molecule has 2 fully saturated rings. The minimum absolute atomic E-state index is 0. The molecule has 3 heterocycles. The number of rotatable bonds is 4. The van der Waals surface area contributed by atoms with Crippen LogP contribution in [0.15, 0.2) is 30.6 Å². The number of aromatic nitrogens is 3. The minimum Gasteiger partial charge on any atom is -0.441 e. The zero-order valence-corrected chi connectivity index (χ0v) is 17.2. The maximum atomic E-state index is 12.6. The van der Waals surface area contributed by atoms with Crippen molar-refractivity contribution in [1.82, 2.24) is 14.8 Å². The highest BCUT2D eigenvalue weighted by molar-refractivity contribution is 5.89. The van der Waals surface area contributed by atoms with Crippen LogP contribution in [0, 0.1) is 5.92 Å². The van der Waals surface area contributed by atoms with Gasteiger partial charge in [-0.25, -0.2) is 9.78 Å². The van der Waals surface area contributed by atoms with E-state index >= 15 is 0 Å². The molecule has 2 aliphatic rings. The van der Waals surface area contributed by atoms with Crippen molar-refractivity contribution < 1.29 is 22.7 Å². The van der Waals surface area contributed by atoms with Crippen LogP contribution in [0.1, 0.15) is 31.2 Å². The molecule has 0 bridgehead atoms. The molecule has 2 aromatic rings. The Kier molecular flexibility index (Phi) is 6.16. The SMILES string of the molecule is Cl.Cn1ccc(N2C[C@]3(CC[C@@H](CNc4ccc(C(F)(F)F)cn4)CC3)OC2=O)n1. The molecule has 11 heteroatoms. The van der Waals surface area contributed by atoms with Crippen molar-refractivity contribution in [2.45, 2.75) is 37.5 Å². The number of hydrogen-bond acceptors (Lipinski definition) is 5. The van der Waals surface area contributed by atoms with Crippen molar-refractivity contribution in [2.24, 2.45) is 13.0 Å². The molecule has 1 N–H and O–H groups in total. The first-order chi connectivity index (χ1) is 13.7. The number of anilines is 2. The lowest BCUT2D eigenvalue weighted by Crippen LogP contribution is -2.39. The molecule has 1 saturated carbocycles. The zero-order chi connectivity index (χ0) is 20.6. The van der Waals surface area contributed by atoms with E-state index in [0.717, 1.165) is 37.9 Å². The maximum Gasteiger partial charge on any atom is 0.417 e. The van der Waals surface area contributed by atoms with E-state index in [-0.39, 0.29) is 18.5 Å². The Morgan fingerprint density at radius 3 is 2.57 bits per heavy atom. The van der Waals surface area contributed by atoms with Crippen molar-refractivity contribution in [3.63, 3.8) is 0 Å². The van der Waals surface area contributed by atoms with E-state index in [9.17, 15) is 18.0 Å². The average Bonchev–Trinajstić information content (AvgIpc) is 3.24. The number of carbonyl (C=O) groups excluding carboxylic acids is 1. The number of amides is 1. The normalized spacial score (nSPS) is 23.9. The summed E-state index contributed by atoms with van der Waals surface area (Å²) in [6.07, 6.45) is 1.07. The molecule has 0 radical (unpaired) electrons.